The molecule has 0 fully saturated rings. The molecule has 11 heteroatoms. The third kappa shape index (κ3) is 11.0. The molecule has 0 aromatic heterocycles. The monoisotopic (exact) mass is 414 g/mol. The molecular formula is C18H26N2O9. The molecule has 0 aliphatic heterocycles. The lowest BCUT2D eigenvalue weighted by atomic mass is 9.94. The van der Waals surface area contributed by atoms with Crippen molar-refractivity contribution in [2.45, 2.75) is 33.3 Å². The van der Waals surface area contributed by atoms with Crippen molar-refractivity contribution in [3.8, 4) is 0 Å². The summed E-state index contributed by atoms with van der Waals surface area (Å²) in [5.41, 5.74) is 0.767. The van der Waals surface area contributed by atoms with Crippen LogP contribution in [0.1, 0.15) is 42.6 Å². The molecule has 0 aliphatic rings. The van der Waals surface area contributed by atoms with Crippen LogP contribution in [-0.2, 0) is 25.7 Å². The Morgan fingerprint density at radius 3 is 2.31 bits per heavy atom. The Labute approximate surface area is 167 Å². The second-order valence-corrected chi connectivity index (χ2v) is 6.68. The van der Waals surface area contributed by atoms with Crippen LogP contribution in [0.4, 0.5) is 4.79 Å². The van der Waals surface area contributed by atoms with Crippen LogP contribution in [0, 0.1) is 11.8 Å². The lowest BCUT2D eigenvalue weighted by Gasteiger charge is -2.17. The molecule has 0 saturated heterocycles. The van der Waals surface area contributed by atoms with Crippen molar-refractivity contribution < 1.29 is 44.2 Å². The van der Waals surface area contributed by atoms with E-state index in [1.54, 1.807) is 0 Å². The summed E-state index contributed by atoms with van der Waals surface area (Å²) in [6, 6.07) is 5.90. The van der Waals surface area contributed by atoms with Gasteiger partial charge in [-0.05, 0) is 36.0 Å². The van der Waals surface area contributed by atoms with E-state index in [4.69, 9.17) is 25.0 Å². The van der Waals surface area contributed by atoms with Gasteiger partial charge in [-0.2, -0.15) is 0 Å². The number of alkyl carbamates (subject to hydrolysis) is 1. The second kappa shape index (κ2) is 12.7. The molecule has 1 amide bonds. The molecule has 0 saturated carbocycles. The maximum absolute atomic E-state index is 11.9. The predicted molar refractivity (Wildman–Crippen MR) is 96.6 cm³/mol. The van der Waals surface area contributed by atoms with Gasteiger partial charge < -0.3 is 19.9 Å². The highest BCUT2D eigenvalue weighted by molar-refractivity contribution is 5.89. The van der Waals surface area contributed by atoms with Crippen molar-refractivity contribution in [1.82, 2.24) is 10.7 Å². The molecule has 0 spiro atoms. The van der Waals surface area contributed by atoms with Gasteiger partial charge in [-0.1, -0.05) is 26.0 Å². The summed E-state index contributed by atoms with van der Waals surface area (Å²) in [5.74, 6) is -1.61. The summed E-state index contributed by atoms with van der Waals surface area (Å²) in [4.78, 5) is 38.9. The number of rotatable bonds is 12. The number of carboxylic acid groups (broad SMARTS) is 1. The summed E-state index contributed by atoms with van der Waals surface area (Å²) in [5, 5.41) is 27.9. The van der Waals surface area contributed by atoms with E-state index in [2.05, 4.69) is 10.2 Å². The highest BCUT2D eigenvalue weighted by atomic mass is 17.1. The van der Waals surface area contributed by atoms with Gasteiger partial charge >= 0.3 is 18.0 Å². The van der Waals surface area contributed by atoms with Crippen molar-refractivity contribution >= 4 is 18.0 Å². The zero-order valence-electron chi connectivity index (χ0n) is 16.2. The number of nitrogens with zero attached hydrogens (tertiary/aromatic N) is 1. The number of ether oxygens (including phenoxy) is 2. The summed E-state index contributed by atoms with van der Waals surface area (Å²) in [6.07, 6.45) is -0.248. The van der Waals surface area contributed by atoms with E-state index in [9.17, 15) is 14.4 Å². The van der Waals surface area contributed by atoms with Gasteiger partial charge in [0, 0.05) is 13.0 Å². The Hall–Kier alpha value is -2.73. The van der Waals surface area contributed by atoms with Crippen LogP contribution < -0.4 is 5.32 Å². The quantitative estimate of drug-likeness (QED) is 0.227. The Morgan fingerprint density at radius 2 is 1.76 bits per heavy atom. The number of aliphatic carboxylic acids is 1. The molecule has 0 radical (unpaired) electrons. The molecular weight excluding hydrogens is 388 g/mol. The van der Waals surface area contributed by atoms with Gasteiger partial charge in [0.25, 0.3) is 0 Å². The molecule has 1 atom stereocenters. The number of benzene rings is 1. The number of carbonyl (C=O) groups is 3. The van der Waals surface area contributed by atoms with Gasteiger partial charge in [0.2, 0.25) is 6.79 Å². The van der Waals surface area contributed by atoms with Gasteiger partial charge in [-0.3, -0.25) is 15.2 Å². The van der Waals surface area contributed by atoms with E-state index >= 15 is 0 Å². The summed E-state index contributed by atoms with van der Waals surface area (Å²) in [6.45, 7) is 3.33. The van der Waals surface area contributed by atoms with E-state index in [0.29, 0.717) is 12.0 Å². The van der Waals surface area contributed by atoms with Crippen molar-refractivity contribution in [2.24, 2.45) is 11.8 Å². The topological polar surface area (TPSA) is 155 Å². The third-order valence-corrected chi connectivity index (χ3v) is 3.72. The minimum atomic E-state index is -0.942. The minimum absolute atomic E-state index is 0.0663. The van der Waals surface area contributed by atoms with Crippen LogP contribution in [0.5, 0.6) is 0 Å². The molecule has 0 aliphatic carbocycles. The molecule has 1 aromatic rings. The lowest BCUT2D eigenvalue weighted by Crippen LogP contribution is -2.32. The number of hydrogen-bond acceptors (Lipinski definition) is 9. The highest BCUT2D eigenvalue weighted by Crippen LogP contribution is 2.14. The zero-order chi connectivity index (χ0) is 21.8. The summed E-state index contributed by atoms with van der Waals surface area (Å²) in [7, 11) is 0. The Bertz CT molecular complexity index is 662. The van der Waals surface area contributed by atoms with Crippen LogP contribution in [0.3, 0.4) is 0 Å². The fourth-order valence-electron chi connectivity index (χ4n) is 2.52. The first kappa shape index (κ1) is 24.3. The van der Waals surface area contributed by atoms with Crippen molar-refractivity contribution in [2.75, 3.05) is 13.3 Å². The molecule has 0 heterocycles. The molecule has 1 aromatic carbocycles. The molecule has 1 rings (SSSR count). The lowest BCUT2D eigenvalue weighted by molar-refractivity contribution is -0.497. The first-order valence-electron chi connectivity index (χ1n) is 8.86. The molecule has 4 N–H and O–H groups in total. The van der Waals surface area contributed by atoms with Gasteiger partial charge in [0.1, 0.15) is 0 Å². The van der Waals surface area contributed by atoms with Crippen molar-refractivity contribution in [3.05, 3.63) is 35.4 Å². The normalized spacial score (nSPS) is 11.9. The average Bonchev–Trinajstić information content (AvgIpc) is 2.64. The highest BCUT2D eigenvalue weighted by Gasteiger charge is 2.17. The van der Waals surface area contributed by atoms with Crippen LogP contribution in [0.15, 0.2) is 24.3 Å². The van der Waals surface area contributed by atoms with Crippen LogP contribution in [0.25, 0.3) is 0 Å². The first-order chi connectivity index (χ1) is 13.7. The average molecular weight is 414 g/mol. The van der Waals surface area contributed by atoms with E-state index in [0.717, 1.165) is 0 Å². The van der Waals surface area contributed by atoms with E-state index in [1.165, 1.54) is 24.3 Å². The maximum atomic E-state index is 11.9. The Morgan fingerprint density at radius 1 is 1.10 bits per heavy atom. The molecule has 162 valence electrons. The van der Waals surface area contributed by atoms with Crippen LogP contribution in [0.2, 0.25) is 0 Å². The molecule has 11 nitrogen and oxygen atoms in total. The fraction of sp³-hybridized carbons (Fsp3) is 0.500. The summed E-state index contributed by atoms with van der Waals surface area (Å²) < 4.78 is 9.60. The second-order valence-electron chi connectivity index (χ2n) is 6.68. The van der Waals surface area contributed by atoms with Gasteiger partial charge in [0.05, 0.1) is 17.6 Å². The largest absolute Gasteiger partial charge is 0.481 e. The maximum Gasteiger partial charge on any atom is 0.410 e. The third-order valence-electron chi connectivity index (χ3n) is 3.72. The number of carboxylic acids is 1. The van der Waals surface area contributed by atoms with Gasteiger partial charge in [0.15, 0.2) is 0 Å². The number of nitrogens with one attached hydrogen (secondary N) is 1. The number of carbonyl (C=O) groups excluding carboxylic acids is 2. The number of hydrogen-bond donors (Lipinski definition) is 4. The SMILES string of the molecule is CC(C)CC(CNC(=O)OCOC(=O)c1ccc(CON(O)O)cc1)CC(=O)O. The number of esters is 1. The van der Waals surface area contributed by atoms with Crippen molar-refractivity contribution in [3.63, 3.8) is 0 Å². The predicted octanol–water partition coefficient (Wildman–Crippen LogP) is 2.18. The Balaban J connectivity index is 2.35. The van der Waals surface area contributed by atoms with Crippen LogP contribution in [-0.4, -0.2) is 52.3 Å². The molecule has 1 unspecified atom stereocenters. The van der Waals surface area contributed by atoms with E-state index in [1.807, 2.05) is 13.8 Å². The number of amides is 1. The Kier molecular flexibility index (Phi) is 10.6. The molecule has 29 heavy (non-hydrogen) atoms. The zero-order valence-corrected chi connectivity index (χ0v) is 16.2. The van der Waals surface area contributed by atoms with E-state index in [-0.39, 0.29) is 37.0 Å². The fourth-order valence-corrected chi connectivity index (χ4v) is 2.52. The van der Waals surface area contributed by atoms with Crippen molar-refractivity contribution in [1.29, 1.82) is 0 Å². The molecule has 0 bridgehead atoms. The van der Waals surface area contributed by atoms with Gasteiger partial charge in [-0.15, -0.1) is 0 Å². The summed E-state index contributed by atoms with van der Waals surface area (Å²) >= 11 is 0. The van der Waals surface area contributed by atoms with Crippen LogP contribution >= 0.6 is 0 Å². The first-order valence-corrected chi connectivity index (χ1v) is 8.86. The smallest absolute Gasteiger partial charge is 0.410 e. The van der Waals surface area contributed by atoms with Gasteiger partial charge in [-0.25, -0.2) is 14.4 Å². The minimum Gasteiger partial charge on any atom is -0.481 e. The van der Waals surface area contributed by atoms with E-state index < -0.39 is 30.2 Å². The standard InChI is InChI=1S/C18H26N2O9/c1-12(2)7-14(8-16(21)22)9-19-18(24)28-11-27-17(23)15-5-3-13(4-6-15)10-29-20(25)26/h3-6,12,14,25-26H,7-11H2,1-2H3,(H,19,24)(H,21,22).